The van der Waals surface area contributed by atoms with Crippen LogP contribution in [0.2, 0.25) is 0 Å². The number of nitrogens with one attached hydrogen (secondary N) is 2. The van der Waals surface area contributed by atoms with E-state index < -0.39 is 0 Å². The van der Waals surface area contributed by atoms with Crippen molar-refractivity contribution in [3.8, 4) is 0 Å². The second-order valence-electron chi connectivity index (χ2n) is 5.55. The van der Waals surface area contributed by atoms with Gasteiger partial charge in [-0.1, -0.05) is 0 Å². The standard InChI is InChI=1S/C13H25N3O/c1-14-10-5-7-12(8-6-10)16(2)9-13(17)15-11-3-4-11/h10-12,14H,3-9H2,1-2H3,(H,15,17). The van der Waals surface area contributed by atoms with Gasteiger partial charge in [0.2, 0.25) is 5.91 Å². The minimum absolute atomic E-state index is 0.200. The summed E-state index contributed by atoms with van der Waals surface area (Å²) >= 11 is 0. The summed E-state index contributed by atoms with van der Waals surface area (Å²) in [5.41, 5.74) is 0. The molecule has 0 saturated heterocycles. The van der Waals surface area contributed by atoms with Crippen molar-refractivity contribution in [1.82, 2.24) is 15.5 Å². The van der Waals surface area contributed by atoms with E-state index in [1.54, 1.807) is 0 Å². The van der Waals surface area contributed by atoms with Crippen LogP contribution in [0.4, 0.5) is 0 Å². The lowest BCUT2D eigenvalue weighted by Crippen LogP contribution is -2.44. The number of likely N-dealkylation sites (N-methyl/N-ethyl adjacent to an activating group) is 1. The van der Waals surface area contributed by atoms with E-state index in [0.29, 0.717) is 24.7 Å². The highest BCUT2D eigenvalue weighted by Gasteiger charge is 2.26. The van der Waals surface area contributed by atoms with Crippen molar-refractivity contribution < 1.29 is 4.79 Å². The molecule has 17 heavy (non-hydrogen) atoms. The summed E-state index contributed by atoms with van der Waals surface area (Å²) in [7, 11) is 4.12. The van der Waals surface area contributed by atoms with Gasteiger partial charge in [-0.05, 0) is 52.6 Å². The zero-order valence-electron chi connectivity index (χ0n) is 11.0. The van der Waals surface area contributed by atoms with Gasteiger partial charge in [0.15, 0.2) is 0 Å². The maximum absolute atomic E-state index is 11.7. The van der Waals surface area contributed by atoms with Crippen molar-refractivity contribution in [2.24, 2.45) is 0 Å². The third kappa shape index (κ3) is 3.96. The molecule has 2 saturated carbocycles. The average molecular weight is 239 g/mol. The van der Waals surface area contributed by atoms with Crippen LogP contribution in [0.25, 0.3) is 0 Å². The van der Waals surface area contributed by atoms with Gasteiger partial charge in [-0.15, -0.1) is 0 Å². The molecule has 1 amide bonds. The van der Waals surface area contributed by atoms with E-state index in [9.17, 15) is 4.79 Å². The molecule has 0 heterocycles. The fourth-order valence-corrected chi connectivity index (χ4v) is 2.66. The number of hydrogen-bond donors (Lipinski definition) is 2. The molecule has 2 aliphatic carbocycles. The lowest BCUT2D eigenvalue weighted by Gasteiger charge is -2.34. The second kappa shape index (κ2) is 5.83. The fourth-order valence-electron chi connectivity index (χ4n) is 2.66. The number of nitrogens with zero attached hydrogens (tertiary/aromatic N) is 1. The van der Waals surface area contributed by atoms with Gasteiger partial charge in [-0.3, -0.25) is 9.69 Å². The molecule has 0 aromatic carbocycles. The molecular formula is C13H25N3O. The number of amides is 1. The molecule has 98 valence electrons. The first-order valence-electron chi connectivity index (χ1n) is 6.86. The fraction of sp³-hybridized carbons (Fsp3) is 0.923. The van der Waals surface area contributed by atoms with E-state index in [-0.39, 0.29) is 5.91 Å². The summed E-state index contributed by atoms with van der Waals surface area (Å²) in [5, 5.41) is 6.39. The molecule has 2 rings (SSSR count). The Morgan fingerprint density at radius 1 is 1.12 bits per heavy atom. The molecule has 4 heteroatoms. The van der Waals surface area contributed by atoms with Gasteiger partial charge < -0.3 is 10.6 Å². The maximum atomic E-state index is 11.7. The molecule has 0 unspecified atom stereocenters. The van der Waals surface area contributed by atoms with Crippen LogP contribution in [-0.2, 0) is 4.79 Å². The Hall–Kier alpha value is -0.610. The predicted octanol–water partition coefficient (Wildman–Crippen LogP) is 0.727. The summed E-state index contributed by atoms with van der Waals surface area (Å²) in [6.45, 7) is 0.561. The molecule has 0 aromatic rings. The Kier molecular flexibility index (Phi) is 4.40. The van der Waals surface area contributed by atoms with Crippen molar-refractivity contribution in [3.63, 3.8) is 0 Å². The Morgan fingerprint density at radius 3 is 2.24 bits per heavy atom. The molecule has 2 N–H and O–H groups in total. The van der Waals surface area contributed by atoms with Crippen LogP contribution in [0, 0.1) is 0 Å². The molecule has 0 aliphatic heterocycles. The van der Waals surface area contributed by atoms with Gasteiger partial charge in [0, 0.05) is 18.1 Å². The van der Waals surface area contributed by atoms with Crippen LogP contribution < -0.4 is 10.6 Å². The Labute approximate surface area is 104 Å². The van der Waals surface area contributed by atoms with E-state index in [4.69, 9.17) is 0 Å². The molecule has 2 aliphatic rings. The van der Waals surface area contributed by atoms with Crippen LogP contribution >= 0.6 is 0 Å². The van der Waals surface area contributed by atoms with Gasteiger partial charge in [0.25, 0.3) is 0 Å². The van der Waals surface area contributed by atoms with Crippen molar-refractivity contribution >= 4 is 5.91 Å². The zero-order chi connectivity index (χ0) is 12.3. The highest BCUT2D eigenvalue weighted by molar-refractivity contribution is 5.78. The van der Waals surface area contributed by atoms with Gasteiger partial charge in [-0.25, -0.2) is 0 Å². The Balaban J connectivity index is 1.68. The predicted molar refractivity (Wildman–Crippen MR) is 68.9 cm³/mol. The van der Waals surface area contributed by atoms with Crippen molar-refractivity contribution in [1.29, 1.82) is 0 Å². The van der Waals surface area contributed by atoms with E-state index in [1.807, 2.05) is 7.05 Å². The van der Waals surface area contributed by atoms with Crippen LogP contribution in [0.5, 0.6) is 0 Å². The van der Waals surface area contributed by atoms with Gasteiger partial charge >= 0.3 is 0 Å². The molecular weight excluding hydrogens is 214 g/mol. The second-order valence-corrected chi connectivity index (χ2v) is 5.55. The van der Waals surface area contributed by atoms with Gasteiger partial charge in [-0.2, -0.15) is 0 Å². The number of rotatable bonds is 5. The lowest BCUT2D eigenvalue weighted by atomic mass is 9.90. The first-order valence-corrected chi connectivity index (χ1v) is 6.86. The Morgan fingerprint density at radius 2 is 1.71 bits per heavy atom. The maximum Gasteiger partial charge on any atom is 0.234 e. The number of carbonyl (C=O) groups is 1. The SMILES string of the molecule is CNC1CCC(N(C)CC(=O)NC2CC2)CC1. The smallest absolute Gasteiger partial charge is 0.234 e. The van der Waals surface area contributed by atoms with Crippen LogP contribution in [0.15, 0.2) is 0 Å². The van der Waals surface area contributed by atoms with Crippen LogP contribution in [-0.4, -0.2) is 49.6 Å². The van der Waals surface area contributed by atoms with E-state index in [2.05, 4.69) is 22.6 Å². The quantitative estimate of drug-likeness (QED) is 0.743. The summed E-state index contributed by atoms with van der Waals surface area (Å²) < 4.78 is 0. The van der Waals surface area contributed by atoms with E-state index >= 15 is 0 Å². The van der Waals surface area contributed by atoms with Crippen molar-refractivity contribution in [2.45, 2.75) is 56.7 Å². The minimum atomic E-state index is 0.200. The molecule has 0 spiro atoms. The summed E-state index contributed by atoms with van der Waals surface area (Å²) in [6.07, 6.45) is 7.22. The summed E-state index contributed by atoms with van der Waals surface area (Å²) in [4.78, 5) is 13.9. The third-order valence-corrected chi connectivity index (χ3v) is 4.06. The van der Waals surface area contributed by atoms with E-state index in [1.165, 1.54) is 38.5 Å². The molecule has 0 atom stereocenters. The molecule has 0 radical (unpaired) electrons. The molecule has 4 nitrogen and oxygen atoms in total. The highest BCUT2D eigenvalue weighted by atomic mass is 16.2. The third-order valence-electron chi connectivity index (χ3n) is 4.06. The highest BCUT2D eigenvalue weighted by Crippen LogP contribution is 2.22. The number of hydrogen-bond acceptors (Lipinski definition) is 3. The molecule has 0 aromatic heterocycles. The Bertz CT molecular complexity index is 257. The van der Waals surface area contributed by atoms with Crippen molar-refractivity contribution in [3.05, 3.63) is 0 Å². The minimum Gasteiger partial charge on any atom is -0.352 e. The lowest BCUT2D eigenvalue weighted by molar-refractivity contribution is -0.122. The summed E-state index contributed by atoms with van der Waals surface area (Å²) in [5.74, 6) is 0.200. The average Bonchev–Trinajstić information content (AvgIpc) is 3.12. The molecule has 2 fully saturated rings. The zero-order valence-corrected chi connectivity index (χ0v) is 11.0. The topological polar surface area (TPSA) is 44.4 Å². The molecule has 0 bridgehead atoms. The monoisotopic (exact) mass is 239 g/mol. The van der Waals surface area contributed by atoms with Crippen LogP contribution in [0.1, 0.15) is 38.5 Å². The summed E-state index contributed by atoms with van der Waals surface area (Å²) in [6, 6.07) is 1.75. The van der Waals surface area contributed by atoms with Gasteiger partial charge in [0.05, 0.1) is 6.54 Å². The largest absolute Gasteiger partial charge is 0.352 e. The van der Waals surface area contributed by atoms with Gasteiger partial charge in [0.1, 0.15) is 0 Å². The van der Waals surface area contributed by atoms with Crippen LogP contribution in [0.3, 0.4) is 0 Å². The number of carbonyl (C=O) groups excluding carboxylic acids is 1. The first kappa shape index (κ1) is 12.8. The van der Waals surface area contributed by atoms with E-state index in [0.717, 1.165) is 0 Å². The first-order chi connectivity index (χ1) is 8.19. The normalized spacial score (nSPS) is 29.4. The van der Waals surface area contributed by atoms with Crippen molar-refractivity contribution in [2.75, 3.05) is 20.6 Å².